The molecule has 0 atom stereocenters. The molecule has 4 heteroatoms. The SMILES string of the molecule is [Ce].[La].[O]=[Y]. The van der Waals surface area contributed by atoms with Crippen molar-refractivity contribution in [3.05, 3.63) is 0 Å². The minimum absolute atomic E-state index is 0. The van der Waals surface area contributed by atoms with E-state index in [1.807, 2.05) is 0 Å². The molecule has 0 aliphatic heterocycles. The van der Waals surface area contributed by atoms with Crippen molar-refractivity contribution in [2.24, 2.45) is 0 Å². The van der Waals surface area contributed by atoms with Crippen LogP contribution in [0.3, 0.4) is 0 Å². The molecule has 1 radical (unpaired) electrons. The van der Waals surface area contributed by atoms with Gasteiger partial charge in [-0.05, 0) is 0 Å². The van der Waals surface area contributed by atoms with Gasteiger partial charge in [-0.15, -0.1) is 0 Å². The predicted molar refractivity (Wildman–Crippen MR) is 0.686 cm³/mol. The van der Waals surface area contributed by atoms with Gasteiger partial charge in [-0.3, -0.25) is 0 Å². The molecule has 0 saturated heterocycles. The van der Waals surface area contributed by atoms with Crippen LogP contribution >= 0.6 is 0 Å². The topological polar surface area (TPSA) is 17.1 Å². The molecule has 0 fully saturated rings. The Labute approximate surface area is 107 Å². The molecule has 0 saturated carbocycles. The third-order valence-electron chi connectivity index (χ3n) is 0. The Morgan fingerprint density at radius 2 is 1.25 bits per heavy atom. The van der Waals surface area contributed by atoms with Crippen LogP contribution < -0.4 is 0 Å². The number of hydrogen-bond acceptors (Lipinski definition) is 1. The van der Waals surface area contributed by atoms with Crippen LogP contribution in [0.2, 0.25) is 0 Å². The monoisotopic (exact) mass is 384 g/mol. The van der Waals surface area contributed by atoms with Gasteiger partial charge in [-0.2, -0.15) is 0 Å². The second kappa shape index (κ2) is 16.1. The van der Waals surface area contributed by atoms with Gasteiger partial charge in [0.25, 0.3) is 0 Å². The van der Waals surface area contributed by atoms with E-state index in [2.05, 4.69) is 0 Å². The summed E-state index contributed by atoms with van der Waals surface area (Å²) < 4.78 is 8.38. The van der Waals surface area contributed by atoms with E-state index in [4.69, 9.17) is 2.04 Å². The molecule has 0 rings (SSSR count). The molecule has 0 N–H and O–H groups in total. The molecular weight excluding hydrogens is 384 g/mol. The van der Waals surface area contributed by atoms with Gasteiger partial charge in [-0.1, -0.05) is 0 Å². The van der Waals surface area contributed by atoms with E-state index in [-0.39, 0.29) is 108 Å². The molecule has 4 heavy (non-hydrogen) atoms. The Morgan fingerprint density at radius 1 is 1.25 bits per heavy atom. The Balaban J connectivity index is -0.00000000500. The van der Waals surface area contributed by atoms with E-state index >= 15 is 0 Å². The summed E-state index contributed by atoms with van der Waals surface area (Å²) in [5.74, 6) is 0. The van der Waals surface area contributed by atoms with Crippen molar-refractivity contribution in [1.82, 2.24) is 0 Å². The zero-order chi connectivity index (χ0) is 2.00. The molecule has 0 bridgehead atoms. The fraction of sp³-hybridized carbons (Fsp3) is 0. The van der Waals surface area contributed by atoms with Crippen LogP contribution in [0.1, 0.15) is 0 Å². The van der Waals surface area contributed by atoms with Crippen LogP contribution in [0.5, 0.6) is 0 Å². The van der Waals surface area contributed by atoms with E-state index in [1.165, 1.54) is 0 Å². The van der Waals surface area contributed by atoms with Gasteiger partial charge >= 0.3 is 33.1 Å². The molecule has 0 aromatic carbocycles. The molecule has 0 spiro atoms. The van der Waals surface area contributed by atoms with Crippen LogP contribution in [-0.4, -0.2) is 0 Å². The second-order valence-corrected chi connectivity index (χ2v) is 0. The minimum atomic E-state index is 0. The Bertz CT molecular complexity index is 8.00. The standard InChI is InChI=1S/Ce.La.O.Y. The Hall–Kier alpha value is 3.48. The van der Waals surface area contributed by atoms with E-state index in [0.717, 1.165) is 0 Å². The molecule has 0 aliphatic carbocycles. The third-order valence-corrected chi connectivity index (χ3v) is 0. The van der Waals surface area contributed by atoms with Gasteiger partial charge in [0.05, 0.1) is 0 Å². The van der Waals surface area contributed by atoms with Crippen molar-refractivity contribution in [3.63, 3.8) is 0 Å². The van der Waals surface area contributed by atoms with Crippen molar-refractivity contribution in [2.75, 3.05) is 0 Å². The third kappa shape index (κ3) is 9.08. The van der Waals surface area contributed by atoms with Gasteiger partial charge in [0.15, 0.2) is 0 Å². The van der Waals surface area contributed by atoms with Gasteiger partial charge in [-0.25, -0.2) is 0 Å². The fourth-order valence-electron chi connectivity index (χ4n) is 0. The summed E-state index contributed by atoms with van der Waals surface area (Å²) in [6.07, 6.45) is 0. The molecule has 0 unspecified atom stereocenters. The predicted octanol–water partition coefficient (Wildman–Crippen LogP) is -0.121. The van der Waals surface area contributed by atoms with Crippen molar-refractivity contribution >= 4 is 0 Å². The summed E-state index contributed by atoms with van der Waals surface area (Å²) in [6, 6.07) is 0. The first-order valence-corrected chi connectivity index (χ1v) is 1.39. The summed E-state index contributed by atoms with van der Waals surface area (Å²) in [5, 5.41) is 0. The van der Waals surface area contributed by atoms with Crippen LogP contribution in [0, 0.1) is 77.3 Å². The first-order valence-electron chi connectivity index (χ1n) is 0.236. The summed E-state index contributed by atoms with van der Waals surface area (Å²) in [7, 11) is 0. The maximum absolute atomic E-state index is 8.38. The quantitative estimate of drug-likeness (QED) is 0.570. The molecular formula is CeLaOY. The summed E-state index contributed by atoms with van der Waals surface area (Å²) in [4.78, 5) is 0. The zero-order valence-corrected chi connectivity index (χ0v) is 11.7. The number of hydrogen-bond donors (Lipinski definition) is 0. The molecule has 0 amide bonds. The zero-order valence-electron chi connectivity index (χ0n) is 2.06. The van der Waals surface area contributed by atoms with Crippen molar-refractivity contribution in [3.8, 4) is 0 Å². The Kier molecular flexibility index (Phi) is 62.9. The molecule has 0 aromatic heterocycles. The molecule has 0 aliphatic rings. The van der Waals surface area contributed by atoms with E-state index in [1.54, 1.807) is 0 Å². The van der Waals surface area contributed by atoms with Crippen LogP contribution in [-0.2, 0) is 33.1 Å². The first-order chi connectivity index (χ1) is 1.00. The van der Waals surface area contributed by atoms with Crippen LogP contribution in [0.15, 0.2) is 0 Å². The summed E-state index contributed by atoms with van der Waals surface area (Å²) in [5.41, 5.74) is 0. The van der Waals surface area contributed by atoms with Crippen molar-refractivity contribution < 1.29 is 110 Å². The van der Waals surface area contributed by atoms with Gasteiger partial charge in [0, 0.05) is 77.3 Å². The fourth-order valence-corrected chi connectivity index (χ4v) is 0. The van der Waals surface area contributed by atoms with Gasteiger partial charge in [0.2, 0.25) is 0 Å². The first kappa shape index (κ1) is 15.6. The normalized spacial score (nSPS) is 1.50. The second-order valence-electron chi connectivity index (χ2n) is 0. The van der Waals surface area contributed by atoms with Crippen molar-refractivity contribution in [2.45, 2.75) is 0 Å². The summed E-state index contributed by atoms with van der Waals surface area (Å²) >= 11 is 0.100. The average molecular weight is 384 g/mol. The average Bonchev–Trinajstić information content (AvgIpc) is 1.00. The molecule has 1 nitrogen and oxygen atoms in total. The van der Waals surface area contributed by atoms with Crippen molar-refractivity contribution in [1.29, 1.82) is 0 Å². The van der Waals surface area contributed by atoms with E-state index < -0.39 is 0 Å². The van der Waals surface area contributed by atoms with E-state index in [0.29, 0.717) is 0 Å². The maximum atomic E-state index is 8.38. The molecule has 0 heterocycles. The molecule has 16 valence electrons. The van der Waals surface area contributed by atoms with Gasteiger partial charge in [0.1, 0.15) is 0 Å². The van der Waals surface area contributed by atoms with Crippen LogP contribution in [0.25, 0.3) is 0 Å². The number of rotatable bonds is 0. The van der Waals surface area contributed by atoms with Gasteiger partial charge < -0.3 is 0 Å². The van der Waals surface area contributed by atoms with Crippen LogP contribution in [0.4, 0.5) is 0 Å². The Morgan fingerprint density at radius 3 is 1.25 bits per heavy atom. The molecule has 0 aromatic rings. The summed E-state index contributed by atoms with van der Waals surface area (Å²) in [6.45, 7) is 0. The van der Waals surface area contributed by atoms with E-state index in [9.17, 15) is 0 Å².